The minimum Gasteiger partial charge on any atom is -0.497 e. The highest BCUT2D eigenvalue weighted by atomic mass is 32.2. The van der Waals surface area contributed by atoms with Gasteiger partial charge in [0.1, 0.15) is 5.75 Å². The predicted molar refractivity (Wildman–Crippen MR) is 54.0 cm³/mol. The van der Waals surface area contributed by atoms with Crippen molar-refractivity contribution in [2.45, 2.75) is 11.1 Å². The van der Waals surface area contributed by atoms with E-state index in [1.165, 1.54) is 7.11 Å². The molecule has 0 unspecified atom stereocenters. The Morgan fingerprint density at radius 1 is 1.20 bits per heavy atom. The molecule has 1 aromatic carbocycles. The zero-order valence-corrected chi connectivity index (χ0v) is 8.73. The van der Waals surface area contributed by atoms with Gasteiger partial charge < -0.3 is 4.74 Å². The van der Waals surface area contributed by atoms with Gasteiger partial charge in [0.15, 0.2) is 0 Å². The van der Waals surface area contributed by atoms with Crippen molar-refractivity contribution < 1.29 is 17.9 Å². The van der Waals surface area contributed by atoms with Crippen molar-refractivity contribution >= 4 is 11.8 Å². The van der Waals surface area contributed by atoms with Crippen molar-refractivity contribution in [3.63, 3.8) is 0 Å². The smallest absolute Gasteiger partial charge is 0.410 e. The fourth-order valence-electron chi connectivity index (χ4n) is 0.844. The topological polar surface area (TPSA) is 9.23 Å². The molecule has 0 aliphatic heterocycles. The molecule has 0 bridgehead atoms. The first-order valence-electron chi connectivity index (χ1n) is 4.06. The van der Waals surface area contributed by atoms with Gasteiger partial charge in [-0.3, -0.25) is 0 Å². The third kappa shape index (κ3) is 4.78. The Labute approximate surface area is 89.9 Å². The number of rotatable bonds is 3. The molecule has 1 nitrogen and oxygen atoms in total. The lowest BCUT2D eigenvalue weighted by atomic mass is 10.3. The molecule has 0 aliphatic rings. The maximum atomic E-state index is 11.8. The number of benzene rings is 1. The number of ether oxygens (including phenoxy) is 1. The zero-order chi connectivity index (χ0) is 11.3. The molecule has 0 radical (unpaired) electrons. The number of hydrogen-bond donors (Lipinski definition) is 0. The number of alkyl halides is 3. The lowest BCUT2D eigenvalue weighted by molar-refractivity contribution is -0.0796. The van der Waals surface area contributed by atoms with Crippen LogP contribution in [0.4, 0.5) is 13.2 Å². The van der Waals surface area contributed by atoms with Gasteiger partial charge >= 0.3 is 6.18 Å². The second-order valence-electron chi connectivity index (χ2n) is 2.64. The molecular formula is C10H9F3OS. The first kappa shape index (κ1) is 12.0. The van der Waals surface area contributed by atoms with Crippen LogP contribution in [0.2, 0.25) is 0 Å². The summed E-state index contributed by atoms with van der Waals surface area (Å²) in [6.07, 6.45) is -4.04. The Bertz CT molecular complexity index is 330. The molecule has 82 valence electrons. The standard InChI is InChI=1S/C10H9F3OS/c1-14-8-2-4-9(5-3-8)15-7-6-10(11,12)13/h2-7H,1H3/b7-6+. The largest absolute Gasteiger partial charge is 0.497 e. The molecule has 15 heavy (non-hydrogen) atoms. The summed E-state index contributed by atoms with van der Waals surface area (Å²) in [5, 5.41) is 1.02. The SMILES string of the molecule is COc1ccc(S/C=C/C(F)(F)F)cc1. The van der Waals surface area contributed by atoms with Crippen molar-refractivity contribution in [3.8, 4) is 5.75 Å². The van der Waals surface area contributed by atoms with Crippen LogP contribution in [0.3, 0.4) is 0 Å². The van der Waals surface area contributed by atoms with Gasteiger partial charge in [-0.25, -0.2) is 0 Å². The van der Waals surface area contributed by atoms with E-state index in [0.717, 1.165) is 22.1 Å². The second kappa shape index (κ2) is 5.11. The van der Waals surface area contributed by atoms with Crippen molar-refractivity contribution in [2.24, 2.45) is 0 Å². The fourth-order valence-corrected chi connectivity index (χ4v) is 1.52. The van der Waals surface area contributed by atoms with Gasteiger partial charge in [0.2, 0.25) is 0 Å². The van der Waals surface area contributed by atoms with Crippen LogP contribution in [-0.4, -0.2) is 13.3 Å². The summed E-state index contributed by atoms with van der Waals surface area (Å²) < 4.78 is 40.2. The fraction of sp³-hybridized carbons (Fsp3) is 0.200. The summed E-state index contributed by atoms with van der Waals surface area (Å²) in [4.78, 5) is 0.733. The number of hydrogen-bond acceptors (Lipinski definition) is 2. The first-order chi connectivity index (χ1) is 7.01. The molecule has 0 heterocycles. The van der Waals surface area contributed by atoms with Gasteiger partial charge in [-0.2, -0.15) is 13.2 Å². The van der Waals surface area contributed by atoms with Crippen LogP contribution in [0, 0.1) is 0 Å². The highest BCUT2D eigenvalue weighted by Gasteiger charge is 2.21. The van der Waals surface area contributed by atoms with Crippen molar-refractivity contribution in [1.82, 2.24) is 0 Å². The number of allylic oxidation sites excluding steroid dienone is 1. The minimum absolute atomic E-state index is 0.210. The molecule has 5 heteroatoms. The lowest BCUT2D eigenvalue weighted by Gasteiger charge is -2.00. The Kier molecular flexibility index (Phi) is 4.08. The van der Waals surface area contributed by atoms with E-state index >= 15 is 0 Å². The molecule has 0 fully saturated rings. The van der Waals surface area contributed by atoms with Crippen LogP contribution in [0.25, 0.3) is 0 Å². The summed E-state index contributed by atoms with van der Waals surface area (Å²) in [7, 11) is 1.53. The molecular weight excluding hydrogens is 225 g/mol. The maximum Gasteiger partial charge on any atom is 0.410 e. The minimum atomic E-state index is -4.25. The monoisotopic (exact) mass is 234 g/mol. The van der Waals surface area contributed by atoms with Crippen LogP contribution in [0.15, 0.2) is 40.6 Å². The van der Waals surface area contributed by atoms with Gasteiger partial charge in [-0.1, -0.05) is 11.8 Å². The van der Waals surface area contributed by atoms with Crippen LogP contribution in [0.5, 0.6) is 5.75 Å². The molecule has 0 aromatic heterocycles. The third-order valence-electron chi connectivity index (χ3n) is 1.52. The molecule has 0 aliphatic carbocycles. The normalized spacial score (nSPS) is 12.0. The summed E-state index contributed by atoms with van der Waals surface area (Å²) in [5.74, 6) is 0.680. The molecule has 0 N–H and O–H groups in total. The highest BCUT2D eigenvalue weighted by molar-refractivity contribution is 8.02. The number of thioether (sulfide) groups is 1. The van der Waals surface area contributed by atoms with Gasteiger partial charge in [-0.05, 0) is 29.7 Å². The first-order valence-corrected chi connectivity index (χ1v) is 4.94. The van der Waals surface area contributed by atoms with Gasteiger partial charge in [0, 0.05) is 11.0 Å². The highest BCUT2D eigenvalue weighted by Crippen LogP contribution is 2.25. The molecule has 0 saturated heterocycles. The maximum absolute atomic E-state index is 11.8. The number of halogens is 3. The van der Waals surface area contributed by atoms with Crippen LogP contribution in [0.1, 0.15) is 0 Å². The molecule has 1 rings (SSSR count). The van der Waals surface area contributed by atoms with Crippen LogP contribution >= 0.6 is 11.8 Å². The molecule has 0 saturated carbocycles. The summed E-state index contributed by atoms with van der Waals surface area (Å²) in [6, 6.07) is 6.79. The second-order valence-corrected chi connectivity index (χ2v) is 3.62. The molecule has 1 aromatic rings. The average Bonchev–Trinajstić information content (AvgIpc) is 2.17. The van der Waals surface area contributed by atoms with Gasteiger partial charge in [0.25, 0.3) is 0 Å². The average molecular weight is 234 g/mol. The Hall–Kier alpha value is -1.10. The van der Waals surface area contributed by atoms with E-state index in [1.807, 2.05) is 0 Å². The van der Waals surface area contributed by atoms with Crippen molar-refractivity contribution in [2.75, 3.05) is 7.11 Å². The number of methoxy groups -OCH3 is 1. The lowest BCUT2D eigenvalue weighted by Crippen LogP contribution is -1.99. The predicted octanol–water partition coefficient (Wildman–Crippen LogP) is 3.86. The van der Waals surface area contributed by atoms with Crippen LogP contribution in [-0.2, 0) is 0 Å². The van der Waals surface area contributed by atoms with E-state index < -0.39 is 6.18 Å². The van der Waals surface area contributed by atoms with E-state index in [9.17, 15) is 13.2 Å². The summed E-state index contributed by atoms with van der Waals surface area (Å²) in [6.45, 7) is 0. The molecule has 0 amide bonds. The summed E-state index contributed by atoms with van der Waals surface area (Å²) in [5.41, 5.74) is 0. The molecule has 0 atom stereocenters. The van der Waals surface area contributed by atoms with Crippen LogP contribution < -0.4 is 4.74 Å². The van der Waals surface area contributed by atoms with Gasteiger partial charge in [0.05, 0.1) is 7.11 Å². The Balaban J connectivity index is 2.55. The molecule has 0 spiro atoms. The van der Waals surface area contributed by atoms with Gasteiger partial charge in [-0.15, -0.1) is 0 Å². The van der Waals surface area contributed by atoms with E-state index in [2.05, 4.69) is 0 Å². The van der Waals surface area contributed by atoms with Crippen molar-refractivity contribution in [1.29, 1.82) is 0 Å². The van der Waals surface area contributed by atoms with E-state index in [4.69, 9.17) is 4.74 Å². The van der Waals surface area contributed by atoms with E-state index in [1.54, 1.807) is 24.3 Å². The van der Waals surface area contributed by atoms with E-state index in [-0.39, 0.29) is 6.08 Å². The Morgan fingerprint density at radius 2 is 1.80 bits per heavy atom. The quantitative estimate of drug-likeness (QED) is 0.734. The van der Waals surface area contributed by atoms with E-state index in [0.29, 0.717) is 5.75 Å². The third-order valence-corrected chi connectivity index (χ3v) is 2.34. The Morgan fingerprint density at radius 3 is 2.27 bits per heavy atom. The van der Waals surface area contributed by atoms with Crippen molar-refractivity contribution in [3.05, 3.63) is 35.7 Å². The summed E-state index contributed by atoms with van der Waals surface area (Å²) >= 11 is 1.01. The zero-order valence-electron chi connectivity index (χ0n) is 7.91.